The molecule has 7 heteroatoms. The van der Waals surface area contributed by atoms with Gasteiger partial charge in [0.2, 0.25) is 0 Å². The van der Waals surface area contributed by atoms with Gasteiger partial charge in [0.05, 0.1) is 18.8 Å². The summed E-state index contributed by atoms with van der Waals surface area (Å²) >= 11 is 5.95. The predicted octanol–water partition coefficient (Wildman–Crippen LogP) is 3.98. The molecule has 1 aliphatic rings. The lowest BCUT2D eigenvalue weighted by Crippen LogP contribution is -2.21. The second-order valence-corrected chi connectivity index (χ2v) is 6.60. The van der Waals surface area contributed by atoms with Gasteiger partial charge in [-0.1, -0.05) is 42.7 Å². The van der Waals surface area contributed by atoms with E-state index in [-0.39, 0.29) is 12.0 Å². The Balaban J connectivity index is 1.58. The molecule has 124 valence electrons. The van der Waals surface area contributed by atoms with E-state index in [1.165, 1.54) is 0 Å². The summed E-state index contributed by atoms with van der Waals surface area (Å²) in [5.74, 6) is 1.35. The first-order valence-corrected chi connectivity index (χ1v) is 8.25. The van der Waals surface area contributed by atoms with Crippen LogP contribution in [0.4, 0.5) is 0 Å². The Labute approximate surface area is 144 Å². The number of benzene rings is 1. The van der Waals surface area contributed by atoms with Crippen molar-refractivity contribution in [3.8, 4) is 11.6 Å². The fourth-order valence-electron chi connectivity index (χ4n) is 2.68. The largest absolute Gasteiger partial charge is 0.365 e. The minimum atomic E-state index is -0.0450. The van der Waals surface area contributed by atoms with Gasteiger partial charge in [0.15, 0.2) is 11.5 Å². The van der Waals surface area contributed by atoms with Crippen LogP contribution in [0, 0.1) is 0 Å². The van der Waals surface area contributed by atoms with Crippen molar-refractivity contribution in [1.82, 2.24) is 19.9 Å². The standard InChI is InChI=1S/C17H17ClN4O2/c1-10(2)16-19-17(24-21-16)14-7-13-9-23-15(8-22(13)20-14)11-3-5-12(18)6-4-11/h3-7,10,15H,8-9H2,1-2H3. The van der Waals surface area contributed by atoms with Crippen LogP contribution < -0.4 is 0 Å². The Morgan fingerprint density at radius 1 is 1.25 bits per heavy atom. The molecule has 4 rings (SSSR count). The molecule has 1 aliphatic heterocycles. The summed E-state index contributed by atoms with van der Waals surface area (Å²) < 4.78 is 13.2. The summed E-state index contributed by atoms with van der Waals surface area (Å²) in [7, 11) is 0. The van der Waals surface area contributed by atoms with Crippen LogP contribution in [0.5, 0.6) is 0 Å². The SMILES string of the molecule is CC(C)c1noc(-c2cc3n(n2)CC(c2ccc(Cl)cc2)OC3)n1. The molecular formula is C17H17ClN4O2. The highest BCUT2D eigenvalue weighted by atomic mass is 35.5. The third-order valence-corrected chi connectivity index (χ3v) is 4.31. The van der Waals surface area contributed by atoms with E-state index >= 15 is 0 Å². The lowest BCUT2D eigenvalue weighted by Gasteiger charge is -2.24. The number of rotatable bonds is 3. The summed E-state index contributed by atoms with van der Waals surface area (Å²) in [6.45, 7) is 5.18. The fourth-order valence-corrected chi connectivity index (χ4v) is 2.81. The molecule has 1 atom stereocenters. The fraction of sp³-hybridized carbons (Fsp3) is 0.353. The average Bonchev–Trinajstić information content (AvgIpc) is 3.21. The summed E-state index contributed by atoms with van der Waals surface area (Å²) in [5, 5.41) is 9.31. The molecule has 0 radical (unpaired) electrons. The van der Waals surface area contributed by atoms with Crippen molar-refractivity contribution in [2.45, 2.75) is 39.0 Å². The van der Waals surface area contributed by atoms with E-state index in [0.29, 0.717) is 35.6 Å². The van der Waals surface area contributed by atoms with Crippen LogP contribution in [0.25, 0.3) is 11.6 Å². The zero-order valence-electron chi connectivity index (χ0n) is 13.4. The Morgan fingerprint density at radius 2 is 2.04 bits per heavy atom. The Hall–Kier alpha value is -2.18. The van der Waals surface area contributed by atoms with Crippen molar-refractivity contribution >= 4 is 11.6 Å². The Morgan fingerprint density at radius 3 is 2.75 bits per heavy atom. The lowest BCUT2D eigenvalue weighted by atomic mass is 10.1. The summed E-state index contributed by atoms with van der Waals surface area (Å²) in [6.07, 6.45) is -0.0450. The molecule has 0 bridgehead atoms. The monoisotopic (exact) mass is 344 g/mol. The van der Waals surface area contributed by atoms with Gasteiger partial charge in [-0.15, -0.1) is 0 Å². The molecule has 24 heavy (non-hydrogen) atoms. The lowest BCUT2D eigenvalue weighted by molar-refractivity contribution is -0.00112. The molecule has 0 amide bonds. The van der Waals surface area contributed by atoms with Crippen molar-refractivity contribution in [1.29, 1.82) is 0 Å². The number of hydrogen-bond acceptors (Lipinski definition) is 5. The van der Waals surface area contributed by atoms with E-state index in [1.807, 2.05) is 48.9 Å². The Kier molecular flexibility index (Phi) is 3.86. The van der Waals surface area contributed by atoms with E-state index in [0.717, 1.165) is 11.3 Å². The quantitative estimate of drug-likeness (QED) is 0.719. The number of aromatic nitrogens is 4. The van der Waals surface area contributed by atoms with Crippen molar-refractivity contribution < 1.29 is 9.26 Å². The van der Waals surface area contributed by atoms with Gasteiger partial charge in [-0.25, -0.2) is 0 Å². The van der Waals surface area contributed by atoms with Crippen molar-refractivity contribution in [3.05, 3.63) is 52.4 Å². The highest BCUT2D eigenvalue weighted by Crippen LogP contribution is 2.29. The molecule has 0 N–H and O–H groups in total. The average molecular weight is 345 g/mol. The minimum Gasteiger partial charge on any atom is -0.365 e. The highest BCUT2D eigenvalue weighted by Gasteiger charge is 2.24. The first kappa shape index (κ1) is 15.4. The molecule has 6 nitrogen and oxygen atoms in total. The van der Waals surface area contributed by atoms with Crippen LogP contribution in [-0.2, 0) is 17.9 Å². The number of fused-ring (bicyclic) bond motifs is 1. The first-order valence-electron chi connectivity index (χ1n) is 7.88. The smallest absolute Gasteiger partial charge is 0.278 e. The van der Waals surface area contributed by atoms with Gasteiger partial charge in [-0.2, -0.15) is 10.1 Å². The summed E-state index contributed by atoms with van der Waals surface area (Å²) in [5.41, 5.74) is 2.77. The van der Waals surface area contributed by atoms with Crippen molar-refractivity contribution in [3.63, 3.8) is 0 Å². The van der Waals surface area contributed by atoms with Gasteiger partial charge < -0.3 is 9.26 Å². The van der Waals surface area contributed by atoms with Crippen molar-refractivity contribution in [2.75, 3.05) is 0 Å². The van der Waals surface area contributed by atoms with Crippen LogP contribution >= 0.6 is 11.6 Å². The molecular weight excluding hydrogens is 328 g/mol. The van der Waals surface area contributed by atoms with Crippen LogP contribution in [0.3, 0.4) is 0 Å². The first-order chi connectivity index (χ1) is 11.6. The van der Waals surface area contributed by atoms with E-state index in [9.17, 15) is 0 Å². The molecule has 0 aliphatic carbocycles. The topological polar surface area (TPSA) is 66.0 Å². The van der Waals surface area contributed by atoms with Crippen LogP contribution in [0.15, 0.2) is 34.9 Å². The molecule has 1 unspecified atom stereocenters. The normalized spacial score (nSPS) is 17.2. The second-order valence-electron chi connectivity index (χ2n) is 6.17. The van der Waals surface area contributed by atoms with Gasteiger partial charge in [0.25, 0.3) is 5.89 Å². The maximum Gasteiger partial charge on any atom is 0.278 e. The summed E-state index contributed by atoms with van der Waals surface area (Å²) in [6, 6.07) is 9.65. The molecule has 0 fully saturated rings. The van der Waals surface area contributed by atoms with Gasteiger partial charge in [0, 0.05) is 10.9 Å². The molecule has 1 aromatic carbocycles. The highest BCUT2D eigenvalue weighted by molar-refractivity contribution is 6.30. The van der Waals surface area contributed by atoms with Gasteiger partial charge in [-0.3, -0.25) is 4.68 Å². The molecule has 0 saturated heterocycles. The maximum absolute atomic E-state index is 5.95. The second kappa shape index (κ2) is 6.03. The summed E-state index contributed by atoms with van der Waals surface area (Å²) in [4.78, 5) is 4.40. The van der Waals surface area contributed by atoms with E-state index < -0.39 is 0 Å². The number of nitrogens with zero attached hydrogens (tertiary/aromatic N) is 4. The van der Waals surface area contributed by atoms with Gasteiger partial charge in [0.1, 0.15) is 6.10 Å². The number of hydrogen-bond donors (Lipinski definition) is 0. The molecule has 3 heterocycles. The zero-order valence-corrected chi connectivity index (χ0v) is 14.2. The van der Waals surface area contributed by atoms with Gasteiger partial charge >= 0.3 is 0 Å². The van der Waals surface area contributed by atoms with Crippen molar-refractivity contribution in [2.24, 2.45) is 0 Å². The number of halogens is 1. The number of ether oxygens (including phenoxy) is 1. The maximum atomic E-state index is 5.95. The third kappa shape index (κ3) is 2.83. The zero-order chi connectivity index (χ0) is 16.7. The minimum absolute atomic E-state index is 0.0450. The Bertz CT molecular complexity index is 854. The molecule has 3 aromatic rings. The van der Waals surface area contributed by atoms with Gasteiger partial charge in [-0.05, 0) is 23.8 Å². The molecule has 0 spiro atoms. The molecule has 0 saturated carbocycles. The van der Waals surface area contributed by atoms with Crippen LogP contribution in [0.1, 0.15) is 43.0 Å². The third-order valence-electron chi connectivity index (χ3n) is 4.05. The van der Waals surface area contributed by atoms with Crippen LogP contribution in [-0.4, -0.2) is 19.9 Å². The van der Waals surface area contributed by atoms with E-state index in [4.69, 9.17) is 20.9 Å². The van der Waals surface area contributed by atoms with E-state index in [2.05, 4.69) is 15.2 Å². The molecule has 2 aromatic heterocycles. The van der Waals surface area contributed by atoms with E-state index in [1.54, 1.807) is 0 Å². The van der Waals surface area contributed by atoms with Crippen LogP contribution in [0.2, 0.25) is 5.02 Å². The predicted molar refractivity (Wildman–Crippen MR) is 88.6 cm³/mol.